The maximum atomic E-state index is 12.3. The number of carboxylic acids is 1. The molecule has 1 saturated heterocycles. The van der Waals surface area contributed by atoms with Crippen LogP contribution in [0.15, 0.2) is 0 Å². The lowest BCUT2D eigenvalue weighted by Crippen LogP contribution is -2.59. The minimum atomic E-state index is -0.986. The number of rotatable bonds is 5. The van der Waals surface area contributed by atoms with Gasteiger partial charge in [-0.05, 0) is 40.0 Å². The Kier molecular flexibility index (Phi) is 6.26. The van der Waals surface area contributed by atoms with E-state index in [4.69, 9.17) is 5.11 Å². The molecular weight excluding hydrogens is 258 g/mol. The van der Waals surface area contributed by atoms with E-state index in [0.29, 0.717) is 0 Å². The predicted octanol–water partition coefficient (Wildman–Crippen LogP) is 2.06. The molecule has 6 heteroatoms. The summed E-state index contributed by atoms with van der Waals surface area (Å²) in [5, 5.41) is 10.9. The fourth-order valence-corrected chi connectivity index (χ4v) is 2.61. The molecule has 3 atom stereocenters. The highest BCUT2D eigenvalue weighted by Gasteiger charge is 2.29. The Hall–Kier alpha value is -1.30. The number of aliphatic carboxylic acids is 1. The first kappa shape index (κ1) is 16.8. The number of amides is 2. The van der Waals surface area contributed by atoms with E-state index in [1.165, 1.54) is 11.3 Å². The summed E-state index contributed by atoms with van der Waals surface area (Å²) in [6.45, 7) is 7.71. The molecule has 0 aliphatic carbocycles. The molecule has 0 bridgehead atoms. The van der Waals surface area contributed by atoms with E-state index in [1.54, 1.807) is 0 Å². The summed E-state index contributed by atoms with van der Waals surface area (Å²) in [5.41, 5.74) is 2.90. The van der Waals surface area contributed by atoms with Crippen molar-refractivity contribution in [3.63, 3.8) is 0 Å². The second kappa shape index (κ2) is 7.47. The van der Waals surface area contributed by atoms with Crippen LogP contribution in [-0.2, 0) is 4.79 Å². The number of carbonyl (C=O) groups excluding carboxylic acids is 1. The molecule has 1 heterocycles. The van der Waals surface area contributed by atoms with Gasteiger partial charge in [-0.15, -0.1) is 0 Å². The number of hydrogen-bond acceptors (Lipinski definition) is 3. The van der Waals surface area contributed by atoms with Crippen molar-refractivity contribution in [2.24, 2.45) is 0 Å². The van der Waals surface area contributed by atoms with Crippen molar-refractivity contribution in [3.05, 3.63) is 0 Å². The lowest BCUT2D eigenvalue weighted by molar-refractivity contribution is -0.138. The van der Waals surface area contributed by atoms with E-state index in [1.807, 2.05) is 18.9 Å². The van der Waals surface area contributed by atoms with E-state index < -0.39 is 5.97 Å². The Labute approximate surface area is 121 Å². The number of nitrogens with zero attached hydrogens (tertiary/aromatic N) is 2. The molecule has 1 aliphatic rings. The largest absolute Gasteiger partial charge is 0.480 e. The summed E-state index contributed by atoms with van der Waals surface area (Å²) >= 11 is 0. The van der Waals surface area contributed by atoms with Crippen LogP contribution < -0.4 is 5.43 Å². The molecule has 6 nitrogen and oxygen atoms in total. The number of carbonyl (C=O) groups is 2. The first-order valence-electron chi connectivity index (χ1n) is 7.44. The molecule has 1 fully saturated rings. The van der Waals surface area contributed by atoms with E-state index in [9.17, 15) is 9.59 Å². The Bertz CT molecular complexity index is 339. The van der Waals surface area contributed by atoms with Gasteiger partial charge in [0.25, 0.3) is 0 Å². The zero-order chi connectivity index (χ0) is 15.3. The third-order valence-electron chi connectivity index (χ3n) is 4.11. The monoisotopic (exact) mass is 285 g/mol. The zero-order valence-corrected chi connectivity index (χ0v) is 12.9. The van der Waals surface area contributed by atoms with Crippen molar-refractivity contribution in [2.45, 2.75) is 71.5 Å². The van der Waals surface area contributed by atoms with Crippen molar-refractivity contribution in [2.75, 3.05) is 6.54 Å². The highest BCUT2D eigenvalue weighted by molar-refractivity contribution is 5.80. The van der Waals surface area contributed by atoms with Crippen LogP contribution in [-0.4, -0.2) is 51.7 Å². The number of carboxylic acid groups (broad SMARTS) is 1. The number of nitrogens with one attached hydrogen (secondary N) is 1. The van der Waals surface area contributed by atoms with Crippen molar-refractivity contribution in [3.8, 4) is 0 Å². The lowest BCUT2D eigenvalue weighted by Gasteiger charge is -2.40. The summed E-state index contributed by atoms with van der Waals surface area (Å²) in [5.74, 6) is -0.986. The second-order valence-electron chi connectivity index (χ2n) is 5.73. The number of hydrogen-bond donors (Lipinski definition) is 2. The number of piperidine rings is 1. The standard InChI is InChI=1S/C14H27N3O3/c1-5-10(2)16(9-13(18)19)14(20)15-17-11(3)7-6-8-12(17)4/h10-12H,5-9H2,1-4H3,(H,15,20)(H,18,19). The Balaban J connectivity index is 2.71. The quantitative estimate of drug-likeness (QED) is 0.811. The van der Waals surface area contributed by atoms with E-state index in [2.05, 4.69) is 19.3 Å². The molecular formula is C14H27N3O3. The van der Waals surface area contributed by atoms with Crippen LogP contribution in [0.2, 0.25) is 0 Å². The van der Waals surface area contributed by atoms with Crippen LogP contribution in [0.1, 0.15) is 53.4 Å². The first-order valence-corrected chi connectivity index (χ1v) is 7.44. The zero-order valence-electron chi connectivity index (χ0n) is 12.9. The number of hydrazine groups is 1. The Morgan fingerprint density at radius 2 is 1.90 bits per heavy atom. The third-order valence-corrected chi connectivity index (χ3v) is 4.11. The van der Waals surface area contributed by atoms with Gasteiger partial charge in [-0.3, -0.25) is 10.2 Å². The lowest BCUT2D eigenvalue weighted by atomic mass is 10.00. The van der Waals surface area contributed by atoms with Gasteiger partial charge in [-0.2, -0.15) is 0 Å². The van der Waals surface area contributed by atoms with E-state index in [-0.39, 0.29) is 30.7 Å². The van der Waals surface area contributed by atoms with Gasteiger partial charge < -0.3 is 10.0 Å². The summed E-state index contributed by atoms with van der Waals surface area (Å²) in [4.78, 5) is 24.7. The smallest absolute Gasteiger partial charge is 0.332 e. The van der Waals surface area contributed by atoms with Crippen LogP contribution >= 0.6 is 0 Å². The normalized spacial score (nSPS) is 25.0. The van der Waals surface area contributed by atoms with Crippen LogP contribution in [0.4, 0.5) is 4.79 Å². The van der Waals surface area contributed by atoms with Crippen LogP contribution in [0.5, 0.6) is 0 Å². The van der Waals surface area contributed by atoms with Crippen molar-refractivity contribution < 1.29 is 14.7 Å². The summed E-state index contributed by atoms with van der Waals surface area (Å²) < 4.78 is 0. The average Bonchev–Trinajstić information content (AvgIpc) is 2.39. The van der Waals surface area contributed by atoms with Crippen molar-refractivity contribution in [1.82, 2.24) is 15.3 Å². The Morgan fingerprint density at radius 1 is 1.35 bits per heavy atom. The molecule has 0 saturated carbocycles. The van der Waals surface area contributed by atoms with Gasteiger partial charge in [0, 0.05) is 18.1 Å². The topological polar surface area (TPSA) is 72.9 Å². The fraction of sp³-hybridized carbons (Fsp3) is 0.857. The average molecular weight is 285 g/mol. The third kappa shape index (κ3) is 4.37. The van der Waals surface area contributed by atoms with Crippen LogP contribution in [0.25, 0.3) is 0 Å². The fourth-order valence-electron chi connectivity index (χ4n) is 2.61. The van der Waals surface area contributed by atoms with Crippen LogP contribution in [0.3, 0.4) is 0 Å². The molecule has 2 amide bonds. The molecule has 0 spiro atoms. The van der Waals surface area contributed by atoms with Gasteiger partial charge in [0.2, 0.25) is 0 Å². The van der Waals surface area contributed by atoms with Gasteiger partial charge in [-0.25, -0.2) is 9.80 Å². The maximum absolute atomic E-state index is 12.3. The molecule has 2 N–H and O–H groups in total. The minimum Gasteiger partial charge on any atom is -0.480 e. The highest BCUT2D eigenvalue weighted by Crippen LogP contribution is 2.20. The SMILES string of the molecule is CCC(C)N(CC(=O)O)C(=O)NN1C(C)CCCC1C. The molecule has 1 rings (SSSR count). The van der Waals surface area contributed by atoms with Crippen molar-refractivity contribution in [1.29, 1.82) is 0 Å². The van der Waals surface area contributed by atoms with Gasteiger partial charge in [0.15, 0.2) is 0 Å². The molecule has 3 unspecified atom stereocenters. The van der Waals surface area contributed by atoms with Crippen molar-refractivity contribution >= 4 is 12.0 Å². The molecule has 0 aromatic heterocycles. The summed E-state index contributed by atoms with van der Waals surface area (Å²) in [6, 6.07) is 0.154. The Morgan fingerprint density at radius 3 is 2.35 bits per heavy atom. The minimum absolute atomic E-state index is 0.0958. The second-order valence-corrected chi connectivity index (χ2v) is 5.73. The predicted molar refractivity (Wildman–Crippen MR) is 77.2 cm³/mol. The molecule has 0 aromatic carbocycles. The first-order chi connectivity index (χ1) is 9.36. The molecule has 116 valence electrons. The van der Waals surface area contributed by atoms with Gasteiger partial charge in [-0.1, -0.05) is 13.3 Å². The molecule has 20 heavy (non-hydrogen) atoms. The number of urea groups is 1. The summed E-state index contributed by atoms with van der Waals surface area (Å²) in [7, 11) is 0. The van der Waals surface area contributed by atoms with E-state index >= 15 is 0 Å². The molecule has 0 aromatic rings. The molecule has 1 aliphatic heterocycles. The molecule has 0 radical (unpaired) electrons. The van der Waals surface area contributed by atoms with Gasteiger partial charge >= 0.3 is 12.0 Å². The van der Waals surface area contributed by atoms with Gasteiger partial charge in [0.05, 0.1) is 0 Å². The van der Waals surface area contributed by atoms with Crippen LogP contribution in [0, 0.1) is 0 Å². The van der Waals surface area contributed by atoms with Gasteiger partial charge in [0.1, 0.15) is 6.54 Å². The summed E-state index contributed by atoms with van der Waals surface area (Å²) in [6.07, 6.45) is 3.99. The maximum Gasteiger partial charge on any atom is 0.332 e. The highest BCUT2D eigenvalue weighted by atomic mass is 16.4. The van der Waals surface area contributed by atoms with E-state index in [0.717, 1.165) is 19.3 Å².